The molecule has 6 nitrogen and oxygen atoms in total. The minimum atomic E-state index is -0.498. The molecule has 1 unspecified atom stereocenters. The standard InChI is InChI=1S/C18H20N4O2/c1-14(12-21(2)13-15-6-4-3-5-7-15)20-18-9-8-17(22(23)24)10-16(18)11-19/h3-10,14,20H,12-13H2,1-2H3. The average molecular weight is 324 g/mol. The number of hydrogen-bond donors (Lipinski definition) is 1. The zero-order valence-corrected chi connectivity index (χ0v) is 13.8. The lowest BCUT2D eigenvalue weighted by Crippen LogP contribution is -2.32. The summed E-state index contributed by atoms with van der Waals surface area (Å²) in [6.45, 7) is 3.62. The third kappa shape index (κ3) is 4.80. The summed E-state index contributed by atoms with van der Waals surface area (Å²) < 4.78 is 0. The summed E-state index contributed by atoms with van der Waals surface area (Å²) in [5.74, 6) is 0. The molecule has 1 N–H and O–H groups in total. The van der Waals surface area contributed by atoms with Crippen molar-refractivity contribution in [3.05, 3.63) is 69.8 Å². The first-order chi connectivity index (χ1) is 11.5. The van der Waals surface area contributed by atoms with E-state index in [9.17, 15) is 15.4 Å². The van der Waals surface area contributed by atoms with Crippen molar-refractivity contribution in [3.8, 4) is 6.07 Å². The molecule has 0 aliphatic carbocycles. The largest absolute Gasteiger partial charge is 0.380 e. The zero-order valence-electron chi connectivity index (χ0n) is 13.8. The van der Waals surface area contributed by atoms with Crippen molar-refractivity contribution in [1.82, 2.24) is 4.90 Å². The SMILES string of the molecule is CC(CN(C)Cc1ccccc1)Nc1ccc([N+](=O)[O-])cc1C#N. The molecule has 1 atom stereocenters. The third-order valence-electron chi connectivity index (χ3n) is 3.62. The number of nitro benzene ring substituents is 1. The van der Waals surface area contributed by atoms with Gasteiger partial charge < -0.3 is 10.2 Å². The maximum Gasteiger partial charge on any atom is 0.270 e. The van der Waals surface area contributed by atoms with Crippen molar-refractivity contribution >= 4 is 11.4 Å². The molecular weight excluding hydrogens is 304 g/mol. The Morgan fingerprint density at radius 3 is 2.62 bits per heavy atom. The van der Waals surface area contributed by atoms with E-state index in [0.29, 0.717) is 5.69 Å². The Morgan fingerprint density at radius 2 is 2.00 bits per heavy atom. The highest BCUT2D eigenvalue weighted by Gasteiger charge is 2.13. The number of nitrogens with zero attached hydrogens (tertiary/aromatic N) is 3. The molecule has 24 heavy (non-hydrogen) atoms. The molecule has 0 aromatic heterocycles. The molecule has 0 saturated carbocycles. The van der Waals surface area contributed by atoms with E-state index in [-0.39, 0.29) is 17.3 Å². The number of non-ortho nitro benzene ring substituents is 1. The number of likely N-dealkylation sites (N-methyl/N-ethyl adjacent to an activating group) is 1. The number of hydrogen-bond acceptors (Lipinski definition) is 5. The smallest absolute Gasteiger partial charge is 0.270 e. The monoisotopic (exact) mass is 324 g/mol. The van der Waals surface area contributed by atoms with Crippen LogP contribution in [-0.4, -0.2) is 29.5 Å². The summed E-state index contributed by atoms with van der Waals surface area (Å²) in [4.78, 5) is 12.5. The predicted octanol–water partition coefficient (Wildman–Crippen LogP) is 3.40. The molecule has 124 valence electrons. The van der Waals surface area contributed by atoms with Gasteiger partial charge in [0.15, 0.2) is 0 Å². The van der Waals surface area contributed by atoms with E-state index in [1.54, 1.807) is 6.07 Å². The van der Waals surface area contributed by atoms with E-state index in [0.717, 1.165) is 13.1 Å². The fourth-order valence-corrected chi connectivity index (χ4v) is 2.60. The van der Waals surface area contributed by atoms with Crippen LogP contribution in [0.15, 0.2) is 48.5 Å². The van der Waals surface area contributed by atoms with Gasteiger partial charge in [0.05, 0.1) is 16.2 Å². The Bertz CT molecular complexity index is 740. The summed E-state index contributed by atoms with van der Waals surface area (Å²) in [6, 6.07) is 16.6. The number of nitriles is 1. The van der Waals surface area contributed by atoms with Crippen LogP contribution < -0.4 is 5.32 Å². The highest BCUT2D eigenvalue weighted by Crippen LogP contribution is 2.22. The number of nitrogens with one attached hydrogen (secondary N) is 1. The van der Waals surface area contributed by atoms with Crippen LogP contribution >= 0.6 is 0 Å². The molecule has 0 bridgehead atoms. The summed E-state index contributed by atoms with van der Waals surface area (Å²) in [6.07, 6.45) is 0. The molecule has 0 fully saturated rings. The maximum absolute atomic E-state index is 10.8. The molecular formula is C18H20N4O2. The van der Waals surface area contributed by atoms with Crippen molar-refractivity contribution in [2.75, 3.05) is 18.9 Å². The van der Waals surface area contributed by atoms with Gasteiger partial charge in [0, 0.05) is 31.3 Å². The first-order valence-electron chi connectivity index (χ1n) is 7.67. The van der Waals surface area contributed by atoms with Crippen LogP contribution in [0.4, 0.5) is 11.4 Å². The minimum Gasteiger partial charge on any atom is -0.380 e. The van der Waals surface area contributed by atoms with Gasteiger partial charge in [-0.05, 0) is 25.6 Å². The zero-order chi connectivity index (χ0) is 17.5. The Kier molecular flexibility index (Phi) is 5.88. The lowest BCUT2D eigenvalue weighted by atomic mass is 10.1. The van der Waals surface area contributed by atoms with Crippen molar-refractivity contribution in [2.45, 2.75) is 19.5 Å². The van der Waals surface area contributed by atoms with Crippen molar-refractivity contribution in [3.63, 3.8) is 0 Å². The highest BCUT2D eigenvalue weighted by molar-refractivity contribution is 5.61. The molecule has 0 saturated heterocycles. The molecule has 0 spiro atoms. The summed E-state index contributed by atoms with van der Waals surface area (Å²) in [5, 5.41) is 23.2. The molecule has 6 heteroatoms. The molecule has 0 aliphatic heterocycles. The lowest BCUT2D eigenvalue weighted by molar-refractivity contribution is -0.384. The van der Waals surface area contributed by atoms with Crippen molar-refractivity contribution < 1.29 is 4.92 Å². The summed E-state index contributed by atoms with van der Waals surface area (Å²) in [7, 11) is 2.03. The molecule has 0 heterocycles. The van der Waals surface area contributed by atoms with Crippen LogP contribution in [0.25, 0.3) is 0 Å². The lowest BCUT2D eigenvalue weighted by Gasteiger charge is -2.23. The Hall–Kier alpha value is -2.91. The first-order valence-corrected chi connectivity index (χ1v) is 7.67. The number of anilines is 1. The second-order valence-corrected chi connectivity index (χ2v) is 5.83. The first kappa shape index (κ1) is 17.4. The average Bonchev–Trinajstić information content (AvgIpc) is 2.55. The van der Waals surface area contributed by atoms with E-state index in [1.165, 1.54) is 17.7 Å². The van der Waals surface area contributed by atoms with Gasteiger partial charge in [-0.25, -0.2) is 0 Å². The van der Waals surface area contributed by atoms with Gasteiger partial charge >= 0.3 is 0 Å². The van der Waals surface area contributed by atoms with E-state index in [2.05, 4.69) is 22.3 Å². The van der Waals surface area contributed by atoms with Crippen molar-refractivity contribution in [2.24, 2.45) is 0 Å². The van der Waals surface area contributed by atoms with Gasteiger partial charge in [0.1, 0.15) is 6.07 Å². The molecule has 0 amide bonds. The molecule has 2 aromatic rings. The second kappa shape index (κ2) is 8.09. The topological polar surface area (TPSA) is 82.2 Å². The Balaban J connectivity index is 1.98. The fourth-order valence-electron chi connectivity index (χ4n) is 2.60. The van der Waals surface area contributed by atoms with Gasteiger partial charge in [-0.1, -0.05) is 30.3 Å². The summed E-state index contributed by atoms with van der Waals surface area (Å²) >= 11 is 0. The summed E-state index contributed by atoms with van der Waals surface area (Å²) in [5.41, 5.74) is 2.05. The van der Waals surface area contributed by atoms with Crippen LogP contribution in [0.5, 0.6) is 0 Å². The van der Waals surface area contributed by atoms with Gasteiger partial charge in [0.2, 0.25) is 0 Å². The van der Waals surface area contributed by atoms with E-state index in [1.807, 2.05) is 38.2 Å². The fraction of sp³-hybridized carbons (Fsp3) is 0.278. The van der Waals surface area contributed by atoms with E-state index < -0.39 is 4.92 Å². The molecule has 2 rings (SSSR count). The van der Waals surface area contributed by atoms with Gasteiger partial charge in [-0.15, -0.1) is 0 Å². The van der Waals surface area contributed by atoms with Crippen LogP contribution in [0.3, 0.4) is 0 Å². The van der Waals surface area contributed by atoms with Crippen LogP contribution in [0, 0.1) is 21.4 Å². The van der Waals surface area contributed by atoms with Crippen LogP contribution in [0.1, 0.15) is 18.1 Å². The van der Waals surface area contributed by atoms with Crippen LogP contribution in [0.2, 0.25) is 0 Å². The molecule has 0 radical (unpaired) electrons. The van der Waals surface area contributed by atoms with Crippen LogP contribution in [-0.2, 0) is 6.54 Å². The van der Waals surface area contributed by atoms with E-state index >= 15 is 0 Å². The van der Waals surface area contributed by atoms with Gasteiger partial charge in [0.25, 0.3) is 5.69 Å². The Labute approximate surface area is 141 Å². The number of nitro groups is 1. The number of benzene rings is 2. The van der Waals surface area contributed by atoms with Gasteiger partial charge in [-0.2, -0.15) is 5.26 Å². The Morgan fingerprint density at radius 1 is 1.29 bits per heavy atom. The van der Waals surface area contributed by atoms with Gasteiger partial charge in [-0.3, -0.25) is 10.1 Å². The predicted molar refractivity (Wildman–Crippen MR) is 93.7 cm³/mol. The quantitative estimate of drug-likeness (QED) is 0.623. The number of rotatable bonds is 7. The second-order valence-electron chi connectivity index (χ2n) is 5.83. The minimum absolute atomic E-state index is 0.0778. The third-order valence-corrected chi connectivity index (χ3v) is 3.62. The highest BCUT2D eigenvalue weighted by atomic mass is 16.6. The normalized spacial score (nSPS) is 11.8. The molecule has 2 aromatic carbocycles. The van der Waals surface area contributed by atoms with E-state index in [4.69, 9.17) is 0 Å². The van der Waals surface area contributed by atoms with Crippen molar-refractivity contribution in [1.29, 1.82) is 5.26 Å². The maximum atomic E-state index is 10.8. The molecule has 0 aliphatic rings.